The SMILES string of the molecule is CCO[C@@H]1[C@@H](CO)N(C)C[C@H]1OC.CCO[C@@H]1[C@@H](COC)N(C)C[C@H]1OC. The molecule has 2 aliphatic heterocycles. The molecule has 0 aromatic rings. The predicted molar refractivity (Wildman–Crippen MR) is 104 cm³/mol. The van der Waals surface area contributed by atoms with Gasteiger partial charge in [0.05, 0.1) is 37.5 Å². The molecule has 27 heavy (non-hydrogen) atoms. The van der Waals surface area contributed by atoms with E-state index in [0.717, 1.165) is 19.7 Å². The van der Waals surface area contributed by atoms with Gasteiger partial charge in [0.2, 0.25) is 0 Å². The summed E-state index contributed by atoms with van der Waals surface area (Å²) in [6.45, 7) is 7.91. The molecule has 0 spiro atoms. The number of hydrogen-bond acceptors (Lipinski definition) is 8. The molecular weight excluding hydrogens is 352 g/mol. The van der Waals surface area contributed by atoms with Crippen molar-refractivity contribution in [1.82, 2.24) is 9.80 Å². The molecule has 0 aromatic heterocycles. The number of methoxy groups -OCH3 is 3. The summed E-state index contributed by atoms with van der Waals surface area (Å²) < 4.78 is 27.1. The highest BCUT2D eigenvalue weighted by molar-refractivity contribution is 4.94. The maximum atomic E-state index is 9.17. The summed E-state index contributed by atoms with van der Waals surface area (Å²) in [7, 11) is 9.20. The van der Waals surface area contributed by atoms with Crippen LogP contribution in [0.5, 0.6) is 0 Å². The lowest BCUT2D eigenvalue weighted by atomic mass is 10.1. The Balaban J connectivity index is 0.000000271. The van der Waals surface area contributed by atoms with Crippen LogP contribution in [-0.4, -0.2) is 126 Å². The minimum Gasteiger partial charge on any atom is -0.395 e. The van der Waals surface area contributed by atoms with Crippen LogP contribution in [0.25, 0.3) is 0 Å². The number of likely N-dealkylation sites (tertiary alicyclic amines) is 2. The Morgan fingerprint density at radius 1 is 0.815 bits per heavy atom. The van der Waals surface area contributed by atoms with Crippen molar-refractivity contribution in [2.24, 2.45) is 0 Å². The van der Waals surface area contributed by atoms with Crippen molar-refractivity contribution in [1.29, 1.82) is 0 Å². The first-order chi connectivity index (χ1) is 13.0. The fourth-order valence-corrected chi connectivity index (χ4v) is 3.92. The van der Waals surface area contributed by atoms with Crippen LogP contribution in [-0.2, 0) is 23.7 Å². The molecule has 0 amide bonds. The molecule has 0 unspecified atom stereocenters. The maximum Gasteiger partial charge on any atom is 0.103 e. The summed E-state index contributed by atoms with van der Waals surface area (Å²) in [5.41, 5.74) is 0. The number of aliphatic hydroxyl groups is 1. The molecule has 2 aliphatic rings. The highest BCUT2D eigenvalue weighted by Gasteiger charge is 2.41. The summed E-state index contributed by atoms with van der Waals surface area (Å²) in [5, 5.41) is 9.17. The molecule has 0 saturated carbocycles. The van der Waals surface area contributed by atoms with E-state index in [1.54, 1.807) is 21.3 Å². The van der Waals surface area contributed by atoms with E-state index in [9.17, 15) is 0 Å². The van der Waals surface area contributed by atoms with Crippen LogP contribution >= 0.6 is 0 Å². The van der Waals surface area contributed by atoms with E-state index in [-0.39, 0.29) is 37.1 Å². The fraction of sp³-hybridized carbons (Fsp3) is 1.00. The smallest absolute Gasteiger partial charge is 0.103 e. The van der Waals surface area contributed by atoms with E-state index >= 15 is 0 Å². The minimum atomic E-state index is 0.00463. The maximum absolute atomic E-state index is 9.17. The van der Waals surface area contributed by atoms with Crippen LogP contribution < -0.4 is 0 Å². The van der Waals surface area contributed by atoms with E-state index in [1.807, 2.05) is 20.9 Å². The Bertz CT molecular complexity index is 389. The number of likely N-dealkylation sites (N-methyl/N-ethyl adjacent to an activating group) is 2. The lowest BCUT2D eigenvalue weighted by Gasteiger charge is -2.24. The van der Waals surface area contributed by atoms with Crippen molar-refractivity contribution < 1.29 is 28.8 Å². The second-order valence-electron chi connectivity index (χ2n) is 7.04. The minimum absolute atomic E-state index is 0.00463. The average molecular weight is 393 g/mol. The molecule has 0 radical (unpaired) electrons. The third kappa shape index (κ3) is 6.61. The molecular formula is C19H40N2O6. The van der Waals surface area contributed by atoms with Crippen molar-refractivity contribution in [3.05, 3.63) is 0 Å². The van der Waals surface area contributed by atoms with Gasteiger partial charge in [0.15, 0.2) is 0 Å². The zero-order valence-corrected chi connectivity index (χ0v) is 18.1. The zero-order chi connectivity index (χ0) is 20.4. The molecule has 1 N–H and O–H groups in total. The Hall–Kier alpha value is -0.320. The second kappa shape index (κ2) is 13.0. The summed E-state index contributed by atoms with van der Waals surface area (Å²) in [6, 6.07) is 0.384. The third-order valence-electron chi connectivity index (χ3n) is 5.41. The van der Waals surface area contributed by atoms with Gasteiger partial charge in [-0.15, -0.1) is 0 Å². The number of ether oxygens (including phenoxy) is 5. The van der Waals surface area contributed by atoms with Gasteiger partial charge in [-0.2, -0.15) is 0 Å². The third-order valence-corrected chi connectivity index (χ3v) is 5.41. The van der Waals surface area contributed by atoms with Crippen LogP contribution in [0.1, 0.15) is 13.8 Å². The van der Waals surface area contributed by atoms with Crippen LogP contribution in [0.15, 0.2) is 0 Å². The fourth-order valence-electron chi connectivity index (χ4n) is 3.92. The van der Waals surface area contributed by atoms with Crippen molar-refractivity contribution in [3.63, 3.8) is 0 Å². The predicted octanol–water partition coefficient (Wildman–Crippen LogP) is 0.0797. The molecule has 2 heterocycles. The Morgan fingerprint density at radius 3 is 1.63 bits per heavy atom. The first-order valence-electron chi connectivity index (χ1n) is 9.77. The Labute approximate surface area is 164 Å². The molecule has 2 rings (SSSR count). The van der Waals surface area contributed by atoms with Crippen molar-refractivity contribution in [2.45, 2.75) is 50.3 Å². The molecule has 162 valence electrons. The molecule has 8 nitrogen and oxygen atoms in total. The van der Waals surface area contributed by atoms with Gasteiger partial charge in [0, 0.05) is 47.6 Å². The molecule has 0 aromatic carbocycles. The van der Waals surface area contributed by atoms with Gasteiger partial charge in [-0.3, -0.25) is 9.80 Å². The summed E-state index contributed by atoms with van der Waals surface area (Å²) >= 11 is 0. The molecule has 2 fully saturated rings. The Kier molecular flexibility index (Phi) is 11.9. The van der Waals surface area contributed by atoms with Crippen LogP contribution in [0.4, 0.5) is 0 Å². The topological polar surface area (TPSA) is 72.9 Å². The number of nitrogens with zero attached hydrogens (tertiary/aromatic N) is 2. The van der Waals surface area contributed by atoms with Gasteiger partial charge in [-0.25, -0.2) is 0 Å². The number of aliphatic hydroxyl groups excluding tert-OH is 1. The molecule has 6 atom stereocenters. The van der Waals surface area contributed by atoms with Gasteiger partial charge < -0.3 is 28.8 Å². The first-order valence-corrected chi connectivity index (χ1v) is 9.77. The van der Waals surface area contributed by atoms with E-state index in [4.69, 9.17) is 28.8 Å². The molecule has 0 aliphatic carbocycles. The van der Waals surface area contributed by atoms with Crippen molar-refractivity contribution >= 4 is 0 Å². The van der Waals surface area contributed by atoms with Crippen LogP contribution in [0.2, 0.25) is 0 Å². The largest absolute Gasteiger partial charge is 0.395 e. The summed E-state index contributed by atoms with van der Waals surface area (Å²) in [5.74, 6) is 0. The van der Waals surface area contributed by atoms with Crippen LogP contribution in [0.3, 0.4) is 0 Å². The van der Waals surface area contributed by atoms with Crippen molar-refractivity contribution in [2.75, 3.05) is 74.9 Å². The van der Waals surface area contributed by atoms with Gasteiger partial charge >= 0.3 is 0 Å². The highest BCUT2D eigenvalue weighted by atomic mass is 16.5. The second-order valence-corrected chi connectivity index (χ2v) is 7.04. The molecule has 8 heteroatoms. The van der Waals surface area contributed by atoms with Crippen molar-refractivity contribution in [3.8, 4) is 0 Å². The average Bonchev–Trinajstić information content (AvgIpc) is 3.13. The van der Waals surface area contributed by atoms with E-state index in [0.29, 0.717) is 19.3 Å². The van der Waals surface area contributed by atoms with Gasteiger partial charge in [0.25, 0.3) is 0 Å². The van der Waals surface area contributed by atoms with E-state index < -0.39 is 0 Å². The normalized spacial score (nSPS) is 34.7. The molecule has 0 bridgehead atoms. The number of rotatable bonds is 9. The van der Waals surface area contributed by atoms with Gasteiger partial charge in [-0.1, -0.05) is 0 Å². The van der Waals surface area contributed by atoms with Crippen LogP contribution in [0, 0.1) is 0 Å². The standard InChI is InChI=1S/C10H21NO3.C9H19NO3/c1-5-14-10-8(7-12-3)11(2)6-9(10)13-4;1-4-13-9-7(6-11)10(2)5-8(9)12-3/h8-10H,5-7H2,1-4H3;7-9,11H,4-6H2,1-3H3/t8-,9-,10-;7-,8-,9-/m11/s1. The quantitative estimate of drug-likeness (QED) is 0.592. The first kappa shape index (κ1) is 24.7. The zero-order valence-electron chi connectivity index (χ0n) is 18.1. The van der Waals surface area contributed by atoms with E-state index in [1.165, 1.54) is 0 Å². The van der Waals surface area contributed by atoms with E-state index in [2.05, 4.69) is 16.8 Å². The Morgan fingerprint density at radius 2 is 1.26 bits per heavy atom. The summed E-state index contributed by atoms with van der Waals surface area (Å²) in [6.07, 6.45) is 0.391. The molecule has 2 saturated heterocycles. The summed E-state index contributed by atoms with van der Waals surface area (Å²) in [4.78, 5) is 4.31. The van der Waals surface area contributed by atoms with Gasteiger partial charge in [0.1, 0.15) is 12.2 Å². The number of hydrogen-bond donors (Lipinski definition) is 1. The monoisotopic (exact) mass is 392 g/mol. The lowest BCUT2D eigenvalue weighted by Crippen LogP contribution is -2.40. The highest BCUT2D eigenvalue weighted by Crippen LogP contribution is 2.22. The lowest BCUT2D eigenvalue weighted by molar-refractivity contribution is -0.0488. The van der Waals surface area contributed by atoms with Gasteiger partial charge in [-0.05, 0) is 27.9 Å².